The number of carbonyl (C=O) groups excluding carboxylic acids is 1. The van der Waals surface area contributed by atoms with Crippen molar-refractivity contribution in [2.24, 2.45) is 0 Å². The zero-order chi connectivity index (χ0) is 18.2. The summed E-state index contributed by atoms with van der Waals surface area (Å²) in [5.41, 5.74) is 1.12. The van der Waals surface area contributed by atoms with E-state index in [0.29, 0.717) is 34.4 Å². The van der Waals surface area contributed by atoms with Gasteiger partial charge in [0.2, 0.25) is 10.0 Å². The van der Waals surface area contributed by atoms with Crippen LogP contribution < -0.4 is 10.1 Å². The molecule has 1 N–H and O–H groups in total. The Bertz CT molecular complexity index is 927. The Morgan fingerprint density at radius 2 is 2.20 bits per heavy atom. The maximum Gasteiger partial charge on any atom is 0.261 e. The predicted octanol–water partition coefficient (Wildman–Crippen LogP) is 2.38. The van der Waals surface area contributed by atoms with Crippen molar-refractivity contribution >= 4 is 44.0 Å². The summed E-state index contributed by atoms with van der Waals surface area (Å²) in [6, 6.07) is 4.78. The van der Waals surface area contributed by atoms with E-state index in [9.17, 15) is 13.2 Å². The molecule has 3 rings (SSSR count). The summed E-state index contributed by atoms with van der Waals surface area (Å²) in [5, 5.41) is 3.58. The lowest BCUT2D eigenvalue weighted by molar-refractivity contribution is 0.102. The van der Waals surface area contributed by atoms with Gasteiger partial charge in [-0.25, -0.2) is 13.4 Å². The number of nitrogens with one attached hydrogen (secondary N) is 1. The number of rotatable bonds is 4. The van der Waals surface area contributed by atoms with Gasteiger partial charge in [0.15, 0.2) is 5.13 Å². The van der Waals surface area contributed by atoms with Gasteiger partial charge in [0.1, 0.15) is 5.75 Å². The van der Waals surface area contributed by atoms with Gasteiger partial charge >= 0.3 is 0 Å². The number of benzene rings is 1. The SMILES string of the molecule is COc1ccc(Cl)cc1C(=O)Nc1nc2c(s1)CN(S(C)(=O)=O)CC2. The molecule has 0 saturated heterocycles. The van der Waals surface area contributed by atoms with E-state index in [1.165, 1.54) is 35.1 Å². The second-order valence-corrected chi connectivity index (χ2v) is 9.04. The number of thiazole rings is 1. The zero-order valence-electron chi connectivity index (χ0n) is 13.6. The molecular formula is C15H16ClN3O4S2. The van der Waals surface area contributed by atoms with Crippen LogP contribution in [0.1, 0.15) is 20.9 Å². The first kappa shape index (κ1) is 18.1. The molecule has 2 aromatic rings. The van der Waals surface area contributed by atoms with E-state index in [-0.39, 0.29) is 12.5 Å². The van der Waals surface area contributed by atoms with Crippen molar-refractivity contribution in [3.05, 3.63) is 39.4 Å². The monoisotopic (exact) mass is 401 g/mol. The van der Waals surface area contributed by atoms with Gasteiger partial charge in [0, 0.05) is 29.4 Å². The lowest BCUT2D eigenvalue weighted by Crippen LogP contribution is -2.34. The van der Waals surface area contributed by atoms with Crippen LogP contribution in [0.15, 0.2) is 18.2 Å². The number of amides is 1. The van der Waals surface area contributed by atoms with Crippen LogP contribution in [0.2, 0.25) is 5.02 Å². The summed E-state index contributed by atoms with van der Waals surface area (Å²) in [7, 11) is -1.77. The number of hydrogen-bond acceptors (Lipinski definition) is 6. The molecule has 0 fully saturated rings. The molecule has 134 valence electrons. The molecule has 0 aliphatic carbocycles. The molecule has 1 aliphatic rings. The van der Waals surface area contributed by atoms with Crippen molar-refractivity contribution in [1.29, 1.82) is 0 Å². The van der Waals surface area contributed by atoms with Gasteiger partial charge in [-0.3, -0.25) is 10.1 Å². The Labute approximate surface area is 154 Å². The summed E-state index contributed by atoms with van der Waals surface area (Å²) in [4.78, 5) is 17.7. The molecule has 0 unspecified atom stereocenters. The number of carbonyl (C=O) groups is 1. The Morgan fingerprint density at radius 3 is 2.88 bits per heavy atom. The summed E-state index contributed by atoms with van der Waals surface area (Å²) < 4.78 is 29.9. The molecule has 0 bridgehead atoms. The quantitative estimate of drug-likeness (QED) is 0.849. The highest BCUT2D eigenvalue weighted by atomic mass is 35.5. The third-order valence-electron chi connectivity index (χ3n) is 3.79. The van der Waals surface area contributed by atoms with E-state index in [0.717, 1.165) is 10.6 Å². The standard InChI is InChI=1S/C15H16ClN3O4S2/c1-23-12-4-3-9(16)7-10(12)14(20)18-15-17-11-5-6-19(25(2,21)22)8-13(11)24-15/h3-4,7H,5-6,8H2,1-2H3,(H,17,18,20). The normalized spacial score (nSPS) is 14.8. The third-order valence-corrected chi connectivity index (χ3v) is 6.27. The minimum atomic E-state index is -3.25. The van der Waals surface area contributed by atoms with Crippen LogP contribution in [-0.2, 0) is 23.0 Å². The van der Waals surface area contributed by atoms with Crippen molar-refractivity contribution in [3.8, 4) is 5.75 Å². The smallest absolute Gasteiger partial charge is 0.261 e. The summed E-state index contributed by atoms with van der Waals surface area (Å²) in [6.45, 7) is 0.674. The Balaban J connectivity index is 1.80. The molecule has 1 aromatic carbocycles. The van der Waals surface area contributed by atoms with E-state index >= 15 is 0 Å². The van der Waals surface area contributed by atoms with Crippen LogP contribution >= 0.6 is 22.9 Å². The highest BCUT2D eigenvalue weighted by Gasteiger charge is 2.26. The zero-order valence-corrected chi connectivity index (χ0v) is 16.0. The number of hydrogen-bond donors (Lipinski definition) is 1. The number of anilines is 1. The molecule has 0 spiro atoms. The summed E-state index contributed by atoms with van der Waals surface area (Å²) in [5.74, 6) is 0.0249. The van der Waals surface area contributed by atoms with Gasteiger partial charge in [-0.15, -0.1) is 11.3 Å². The summed E-state index contributed by atoms with van der Waals surface area (Å²) in [6.07, 6.45) is 1.71. The number of fused-ring (bicyclic) bond motifs is 1. The molecule has 0 radical (unpaired) electrons. The Hall–Kier alpha value is -1.68. The van der Waals surface area contributed by atoms with Crippen molar-refractivity contribution < 1.29 is 17.9 Å². The lowest BCUT2D eigenvalue weighted by atomic mass is 10.2. The second-order valence-electron chi connectivity index (χ2n) is 5.53. The molecule has 1 aliphatic heterocycles. The maximum atomic E-state index is 12.5. The van der Waals surface area contributed by atoms with Gasteiger partial charge in [-0.2, -0.15) is 4.31 Å². The number of sulfonamides is 1. The Morgan fingerprint density at radius 1 is 1.44 bits per heavy atom. The van der Waals surface area contributed by atoms with Gasteiger partial charge in [-0.1, -0.05) is 11.6 Å². The topological polar surface area (TPSA) is 88.6 Å². The van der Waals surface area contributed by atoms with E-state index in [4.69, 9.17) is 16.3 Å². The van der Waals surface area contributed by atoms with Crippen LogP contribution in [0, 0.1) is 0 Å². The highest BCUT2D eigenvalue weighted by molar-refractivity contribution is 7.88. The molecule has 7 nitrogen and oxygen atoms in total. The number of halogens is 1. The molecule has 10 heteroatoms. The second kappa shape index (κ2) is 6.91. The highest BCUT2D eigenvalue weighted by Crippen LogP contribution is 2.30. The average Bonchev–Trinajstić information content (AvgIpc) is 2.95. The van der Waals surface area contributed by atoms with Crippen molar-refractivity contribution in [1.82, 2.24) is 9.29 Å². The summed E-state index contributed by atoms with van der Waals surface area (Å²) >= 11 is 7.22. The molecule has 2 heterocycles. The molecule has 1 amide bonds. The van der Waals surface area contributed by atoms with Crippen LogP contribution in [-0.4, -0.2) is 43.5 Å². The molecule has 25 heavy (non-hydrogen) atoms. The van der Waals surface area contributed by atoms with E-state index in [1.807, 2.05) is 0 Å². The number of methoxy groups -OCH3 is 1. The van der Waals surface area contributed by atoms with E-state index in [1.54, 1.807) is 12.1 Å². The fourth-order valence-electron chi connectivity index (χ4n) is 2.53. The largest absolute Gasteiger partial charge is 0.496 e. The van der Waals surface area contributed by atoms with Gasteiger partial charge in [0.05, 0.1) is 24.6 Å². The first-order chi connectivity index (χ1) is 11.8. The fraction of sp³-hybridized carbons (Fsp3) is 0.333. The predicted molar refractivity (Wildman–Crippen MR) is 97.0 cm³/mol. The first-order valence-corrected chi connectivity index (χ1v) is 10.4. The minimum Gasteiger partial charge on any atom is -0.496 e. The first-order valence-electron chi connectivity index (χ1n) is 7.36. The molecule has 1 aromatic heterocycles. The van der Waals surface area contributed by atoms with Crippen molar-refractivity contribution in [2.75, 3.05) is 25.2 Å². The maximum absolute atomic E-state index is 12.5. The molecule has 0 atom stereocenters. The lowest BCUT2D eigenvalue weighted by Gasteiger charge is -2.23. The van der Waals surface area contributed by atoms with Gasteiger partial charge in [0.25, 0.3) is 5.91 Å². The number of ether oxygens (including phenoxy) is 1. The molecular weight excluding hydrogens is 386 g/mol. The van der Waals surface area contributed by atoms with Crippen LogP contribution in [0.4, 0.5) is 5.13 Å². The van der Waals surface area contributed by atoms with Crippen LogP contribution in [0.25, 0.3) is 0 Å². The average molecular weight is 402 g/mol. The third kappa shape index (κ3) is 3.95. The number of aromatic nitrogens is 1. The minimum absolute atomic E-state index is 0.280. The van der Waals surface area contributed by atoms with Crippen LogP contribution in [0.5, 0.6) is 5.75 Å². The molecule has 0 saturated carbocycles. The van der Waals surface area contributed by atoms with Crippen molar-refractivity contribution in [2.45, 2.75) is 13.0 Å². The Kier molecular flexibility index (Phi) is 5.01. The fourth-order valence-corrected chi connectivity index (χ4v) is 4.59. The van der Waals surface area contributed by atoms with Gasteiger partial charge in [-0.05, 0) is 18.2 Å². The number of nitrogens with zero attached hydrogens (tertiary/aromatic N) is 2. The van der Waals surface area contributed by atoms with Crippen LogP contribution in [0.3, 0.4) is 0 Å². The van der Waals surface area contributed by atoms with E-state index < -0.39 is 10.0 Å². The van der Waals surface area contributed by atoms with E-state index in [2.05, 4.69) is 10.3 Å². The van der Waals surface area contributed by atoms with Crippen molar-refractivity contribution in [3.63, 3.8) is 0 Å². The van der Waals surface area contributed by atoms with Gasteiger partial charge < -0.3 is 4.74 Å².